The van der Waals surface area contributed by atoms with Gasteiger partial charge in [0.2, 0.25) is 0 Å². The normalized spacial score (nSPS) is 9.64. The summed E-state index contributed by atoms with van der Waals surface area (Å²) in [6.45, 7) is 3.75. The first-order valence-corrected chi connectivity index (χ1v) is 3.94. The van der Waals surface area contributed by atoms with E-state index in [0.717, 1.165) is 6.42 Å². The molecule has 0 N–H and O–H groups in total. The van der Waals surface area contributed by atoms with Crippen LogP contribution in [0.3, 0.4) is 0 Å². The summed E-state index contributed by atoms with van der Waals surface area (Å²) in [4.78, 5) is 10.4. The molecule has 68 valence electrons. The molecule has 0 aromatic rings. The van der Waals surface area contributed by atoms with Crippen LogP contribution in [-0.4, -0.2) is 5.78 Å². The zero-order valence-electron chi connectivity index (χ0n) is 7.21. The van der Waals surface area contributed by atoms with Crippen molar-refractivity contribution in [3.05, 3.63) is 12.2 Å². The van der Waals surface area contributed by atoms with Gasteiger partial charge in [-0.1, -0.05) is 25.8 Å². The van der Waals surface area contributed by atoms with Crippen LogP contribution in [-0.2, 0) is 21.3 Å². The third-order valence-corrected chi connectivity index (χ3v) is 1.33. The van der Waals surface area contributed by atoms with Crippen LogP contribution in [0.5, 0.6) is 0 Å². The number of carbonyl (C=O) groups excluding carboxylic acids is 1. The SMILES string of the molecule is CCCCCC=CC(C)=O.[Ni]. The Bertz CT molecular complexity index is 119. The van der Waals surface area contributed by atoms with E-state index in [1.807, 2.05) is 6.08 Å². The smallest absolute Gasteiger partial charge is 0.152 e. The Morgan fingerprint density at radius 2 is 2.00 bits per heavy atom. The van der Waals surface area contributed by atoms with Crippen LogP contribution in [0.25, 0.3) is 0 Å². The van der Waals surface area contributed by atoms with E-state index in [1.54, 1.807) is 13.0 Å². The van der Waals surface area contributed by atoms with Gasteiger partial charge in [0.05, 0.1) is 0 Å². The molecule has 11 heavy (non-hydrogen) atoms. The van der Waals surface area contributed by atoms with Crippen LogP contribution in [0, 0.1) is 0 Å². The van der Waals surface area contributed by atoms with E-state index in [4.69, 9.17) is 0 Å². The number of allylic oxidation sites excluding steroid dienone is 2. The van der Waals surface area contributed by atoms with Crippen molar-refractivity contribution in [2.24, 2.45) is 0 Å². The molecule has 0 bridgehead atoms. The molecule has 0 fully saturated rings. The van der Waals surface area contributed by atoms with Crippen LogP contribution in [0.15, 0.2) is 12.2 Å². The van der Waals surface area contributed by atoms with E-state index in [1.165, 1.54) is 19.3 Å². The van der Waals surface area contributed by atoms with Gasteiger partial charge < -0.3 is 0 Å². The Morgan fingerprint density at radius 3 is 2.45 bits per heavy atom. The van der Waals surface area contributed by atoms with Crippen LogP contribution in [0.1, 0.15) is 39.5 Å². The second-order valence-electron chi connectivity index (χ2n) is 2.51. The van der Waals surface area contributed by atoms with Gasteiger partial charge in [0, 0.05) is 16.5 Å². The van der Waals surface area contributed by atoms with Gasteiger partial charge in [-0.15, -0.1) is 0 Å². The zero-order valence-corrected chi connectivity index (χ0v) is 8.20. The summed E-state index contributed by atoms with van der Waals surface area (Å²) in [6, 6.07) is 0. The van der Waals surface area contributed by atoms with Gasteiger partial charge in [-0.25, -0.2) is 0 Å². The largest absolute Gasteiger partial charge is 0.295 e. The van der Waals surface area contributed by atoms with Crippen molar-refractivity contribution >= 4 is 5.78 Å². The Labute approximate surface area is 79.2 Å². The van der Waals surface area contributed by atoms with E-state index >= 15 is 0 Å². The maximum Gasteiger partial charge on any atom is 0.152 e. The van der Waals surface area contributed by atoms with Crippen molar-refractivity contribution in [3.63, 3.8) is 0 Å². The topological polar surface area (TPSA) is 17.1 Å². The average molecular weight is 199 g/mol. The van der Waals surface area contributed by atoms with E-state index in [9.17, 15) is 4.79 Å². The van der Waals surface area contributed by atoms with E-state index in [2.05, 4.69) is 6.92 Å². The van der Waals surface area contributed by atoms with Crippen molar-refractivity contribution in [2.75, 3.05) is 0 Å². The summed E-state index contributed by atoms with van der Waals surface area (Å²) < 4.78 is 0. The number of ketones is 1. The summed E-state index contributed by atoms with van der Waals surface area (Å²) in [6.07, 6.45) is 8.37. The maximum absolute atomic E-state index is 10.4. The molecular formula is C9H16NiO. The molecule has 0 amide bonds. The number of hydrogen-bond acceptors (Lipinski definition) is 1. The van der Waals surface area contributed by atoms with Crippen molar-refractivity contribution in [1.82, 2.24) is 0 Å². The summed E-state index contributed by atoms with van der Waals surface area (Å²) in [7, 11) is 0. The number of unbranched alkanes of at least 4 members (excludes halogenated alkanes) is 3. The molecule has 0 saturated carbocycles. The molecule has 1 nitrogen and oxygen atoms in total. The Morgan fingerprint density at radius 1 is 1.36 bits per heavy atom. The molecule has 0 aliphatic carbocycles. The summed E-state index contributed by atoms with van der Waals surface area (Å²) >= 11 is 0. The molecule has 0 saturated heterocycles. The maximum atomic E-state index is 10.4. The Kier molecular flexibility index (Phi) is 12.1. The first kappa shape index (κ1) is 13.5. The average Bonchev–Trinajstić information content (AvgIpc) is 1.87. The first-order chi connectivity index (χ1) is 4.77. The second kappa shape index (κ2) is 9.90. The zero-order chi connectivity index (χ0) is 7.82. The quantitative estimate of drug-likeness (QED) is 0.377. The molecule has 0 radical (unpaired) electrons. The number of carbonyl (C=O) groups is 1. The predicted molar refractivity (Wildman–Crippen MR) is 44.0 cm³/mol. The molecule has 0 aromatic heterocycles. The van der Waals surface area contributed by atoms with Gasteiger partial charge in [0.15, 0.2) is 5.78 Å². The fourth-order valence-corrected chi connectivity index (χ4v) is 0.761. The van der Waals surface area contributed by atoms with Crippen LogP contribution >= 0.6 is 0 Å². The van der Waals surface area contributed by atoms with Crippen LogP contribution in [0.4, 0.5) is 0 Å². The van der Waals surface area contributed by atoms with Crippen molar-refractivity contribution in [2.45, 2.75) is 39.5 Å². The van der Waals surface area contributed by atoms with Crippen molar-refractivity contribution < 1.29 is 21.3 Å². The third-order valence-electron chi connectivity index (χ3n) is 1.33. The van der Waals surface area contributed by atoms with Gasteiger partial charge >= 0.3 is 0 Å². The monoisotopic (exact) mass is 198 g/mol. The van der Waals surface area contributed by atoms with E-state index < -0.39 is 0 Å². The van der Waals surface area contributed by atoms with Crippen LogP contribution in [0.2, 0.25) is 0 Å². The molecular weight excluding hydrogens is 183 g/mol. The van der Waals surface area contributed by atoms with Gasteiger partial charge in [-0.05, 0) is 25.8 Å². The number of rotatable bonds is 5. The van der Waals surface area contributed by atoms with Gasteiger partial charge in [-0.3, -0.25) is 4.79 Å². The number of hydrogen-bond donors (Lipinski definition) is 0. The molecule has 0 spiro atoms. The molecule has 0 heterocycles. The minimum absolute atomic E-state index is 0. The van der Waals surface area contributed by atoms with Gasteiger partial charge in [0.25, 0.3) is 0 Å². The van der Waals surface area contributed by atoms with Gasteiger partial charge in [-0.2, -0.15) is 0 Å². The molecule has 0 aliphatic heterocycles. The van der Waals surface area contributed by atoms with Gasteiger partial charge in [0.1, 0.15) is 0 Å². The molecule has 2 heteroatoms. The minimum atomic E-state index is 0. The molecule has 0 atom stereocenters. The first-order valence-electron chi connectivity index (χ1n) is 3.94. The molecule has 0 rings (SSSR count). The Hall–Kier alpha value is -0.0965. The van der Waals surface area contributed by atoms with Crippen molar-refractivity contribution in [3.8, 4) is 0 Å². The Balaban J connectivity index is 0. The fourth-order valence-electron chi connectivity index (χ4n) is 0.761. The fraction of sp³-hybridized carbons (Fsp3) is 0.667. The van der Waals surface area contributed by atoms with Crippen LogP contribution < -0.4 is 0 Å². The third kappa shape index (κ3) is 13.0. The second-order valence-corrected chi connectivity index (χ2v) is 2.51. The van der Waals surface area contributed by atoms with E-state index in [0.29, 0.717) is 0 Å². The summed E-state index contributed by atoms with van der Waals surface area (Å²) in [5.74, 6) is 0.150. The van der Waals surface area contributed by atoms with E-state index in [-0.39, 0.29) is 22.3 Å². The molecule has 0 unspecified atom stereocenters. The standard InChI is InChI=1S/C9H16O.Ni/c1-3-4-5-6-7-8-9(2)10;/h7-8H,3-6H2,1-2H3;. The predicted octanol–water partition coefficient (Wildman–Crippen LogP) is 2.71. The molecule has 0 aliphatic rings. The van der Waals surface area contributed by atoms with Crippen molar-refractivity contribution in [1.29, 1.82) is 0 Å². The summed E-state index contributed by atoms with van der Waals surface area (Å²) in [5, 5.41) is 0. The molecule has 0 aromatic carbocycles. The summed E-state index contributed by atoms with van der Waals surface area (Å²) in [5.41, 5.74) is 0. The minimum Gasteiger partial charge on any atom is -0.295 e.